The van der Waals surface area contributed by atoms with Gasteiger partial charge in [-0.3, -0.25) is 4.79 Å². The quantitative estimate of drug-likeness (QED) is 0.910. The lowest BCUT2D eigenvalue weighted by molar-refractivity contribution is -0.145. The minimum atomic E-state index is -0.643. The second kappa shape index (κ2) is 7.04. The van der Waals surface area contributed by atoms with Crippen molar-refractivity contribution in [2.45, 2.75) is 62.7 Å². The fraction of sp³-hybridized carbons (Fsp3) is 0.650. The molecule has 1 unspecified atom stereocenters. The van der Waals surface area contributed by atoms with Crippen molar-refractivity contribution in [1.82, 2.24) is 4.90 Å². The number of rotatable bonds is 3. The van der Waals surface area contributed by atoms with E-state index >= 15 is 0 Å². The first-order valence-electron chi connectivity index (χ1n) is 9.14. The molecular formula is C20H29NO2. The van der Waals surface area contributed by atoms with Crippen molar-refractivity contribution in [1.29, 1.82) is 0 Å². The molecule has 1 atom stereocenters. The zero-order chi connectivity index (χ0) is 16.3. The Hall–Kier alpha value is -1.35. The van der Waals surface area contributed by atoms with E-state index in [0.717, 1.165) is 37.8 Å². The van der Waals surface area contributed by atoms with Crippen LogP contribution in [0.1, 0.15) is 68.4 Å². The van der Waals surface area contributed by atoms with Gasteiger partial charge >= 0.3 is 5.97 Å². The largest absolute Gasteiger partial charge is 0.481 e. The van der Waals surface area contributed by atoms with Crippen LogP contribution in [-0.4, -0.2) is 36.1 Å². The van der Waals surface area contributed by atoms with E-state index in [2.05, 4.69) is 30.1 Å². The smallest absolute Gasteiger partial charge is 0.314 e. The monoisotopic (exact) mass is 315 g/mol. The van der Waals surface area contributed by atoms with Crippen LogP contribution in [0.15, 0.2) is 24.3 Å². The van der Waals surface area contributed by atoms with E-state index in [1.54, 1.807) is 0 Å². The van der Waals surface area contributed by atoms with Gasteiger partial charge in [0.25, 0.3) is 0 Å². The van der Waals surface area contributed by atoms with E-state index in [4.69, 9.17) is 0 Å². The summed E-state index contributed by atoms with van der Waals surface area (Å²) in [5.41, 5.74) is 1.75. The van der Waals surface area contributed by atoms with E-state index in [0.29, 0.717) is 5.92 Å². The molecule has 126 valence electrons. The Morgan fingerprint density at radius 2 is 1.91 bits per heavy atom. The molecule has 1 aromatic rings. The summed E-state index contributed by atoms with van der Waals surface area (Å²) in [6, 6.07) is 8.55. The predicted molar refractivity (Wildman–Crippen MR) is 92.9 cm³/mol. The highest BCUT2D eigenvalue weighted by molar-refractivity contribution is 5.81. The van der Waals surface area contributed by atoms with Gasteiger partial charge in [-0.1, -0.05) is 43.5 Å². The zero-order valence-electron chi connectivity index (χ0n) is 14.3. The van der Waals surface area contributed by atoms with Crippen LogP contribution in [0.5, 0.6) is 0 Å². The molecule has 3 heteroatoms. The SMILES string of the molecule is CN1CCCC(c2cccc(C3(C(=O)O)CCCCC3)c2)CC1. The van der Waals surface area contributed by atoms with Gasteiger partial charge in [-0.2, -0.15) is 0 Å². The lowest BCUT2D eigenvalue weighted by Crippen LogP contribution is -2.37. The molecule has 23 heavy (non-hydrogen) atoms. The van der Waals surface area contributed by atoms with Crippen molar-refractivity contribution in [2.24, 2.45) is 0 Å². The van der Waals surface area contributed by atoms with E-state index in [1.165, 1.54) is 37.8 Å². The number of carboxylic acids is 1. The van der Waals surface area contributed by atoms with Crippen molar-refractivity contribution < 1.29 is 9.90 Å². The first-order valence-corrected chi connectivity index (χ1v) is 9.14. The van der Waals surface area contributed by atoms with Crippen LogP contribution >= 0.6 is 0 Å². The van der Waals surface area contributed by atoms with Crippen molar-refractivity contribution in [3.63, 3.8) is 0 Å². The van der Waals surface area contributed by atoms with Crippen LogP contribution in [0.4, 0.5) is 0 Å². The molecule has 1 saturated carbocycles. The summed E-state index contributed by atoms with van der Waals surface area (Å²) in [6.07, 6.45) is 8.45. The molecule has 1 aliphatic heterocycles. The van der Waals surface area contributed by atoms with Gasteiger partial charge < -0.3 is 10.0 Å². The fourth-order valence-corrected chi connectivity index (χ4v) is 4.44. The third-order valence-electron chi connectivity index (χ3n) is 5.98. The molecule has 1 N–H and O–H groups in total. The Balaban J connectivity index is 1.87. The van der Waals surface area contributed by atoms with Gasteiger partial charge in [0, 0.05) is 0 Å². The van der Waals surface area contributed by atoms with Crippen LogP contribution in [-0.2, 0) is 10.2 Å². The second-order valence-electron chi connectivity index (χ2n) is 7.50. The molecule has 1 saturated heterocycles. The summed E-state index contributed by atoms with van der Waals surface area (Å²) < 4.78 is 0. The molecule has 3 nitrogen and oxygen atoms in total. The Morgan fingerprint density at radius 3 is 2.65 bits per heavy atom. The van der Waals surface area contributed by atoms with Crippen LogP contribution in [0.2, 0.25) is 0 Å². The summed E-state index contributed by atoms with van der Waals surface area (Å²) in [7, 11) is 2.19. The van der Waals surface area contributed by atoms with Gasteiger partial charge in [0.15, 0.2) is 0 Å². The molecule has 0 bridgehead atoms. The van der Waals surface area contributed by atoms with Gasteiger partial charge in [-0.15, -0.1) is 0 Å². The number of benzene rings is 1. The fourth-order valence-electron chi connectivity index (χ4n) is 4.44. The molecule has 3 rings (SSSR count). The highest BCUT2D eigenvalue weighted by Crippen LogP contribution is 2.41. The topological polar surface area (TPSA) is 40.5 Å². The second-order valence-corrected chi connectivity index (χ2v) is 7.50. The molecule has 2 aliphatic rings. The summed E-state index contributed by atoms with van der Waals surface area (Å²) in [5.74, 6) is -0.0516. The standard InChI is InChI=1S/C20H29NO2/c1-21-13-6-8-16(10-14-21)17-7-5-9-18(15-17)20(19(22)23)11-3-2-4-12-20/h5,7,9,15-16H,2-4,6,8,10-14H2,1H3,(H,22,23). The average molecular weight is 315 g/mol. The zero-order valence-corrected chi connectivity index (χ0v) is 14.3. The van der Waals surface area contributed by atoms with Crippen molar-refractivity contribution >= 4 is 5.97 Å². The summed E-state index contributed by atoms with van der Waals surface area (Å²) in [6.45, 7) is 2.31. The van der Waals surface area contributed by atoms with Gasteiger partial charge in [0.1, 0.15) is 0 Å². The molecule has 1 aromatic carbocycles. The first kappa shape index (κ1) is 16.5. The van der Waals surface area contributed by atoms with Gasteiger partial charge in [0.2, 0.25) is 0 Å². The minimum absolute atomic E-state index is 0.578. The number of hydrogen-bond acceptors (Lipinski definition) is 2. The average Bonchev–Trinajstić information content (AvgIpc) is 2.80. The summed E-state index contributed by atoms with van der Waals surface area (Å²) in [5, 5.41) is 9.92. The molecule has 0 radical (unpaired) electrons. The Morgan fingerprint density at radius 1 is 1.13 bits per heavy atom. The van der Waals surface area contributed by atoms with Crippen LogP contribution in [0.25, 0.3) is 0 Å². The van der Waals surface area contributed by atoms with Gasteiger partial charge in [0.05, 0.1) is 5.41 Å². The van der Waals surface area contributed by atoms with E-state index in [1.807, 2.05) is 6.07 Å². The number of hydrogen-bond donors (Lipinski definition) is 1. The maximum absolute atomic E-state index is 12.1. The summed E-state index contributed by atoms with van der Waals surface area (Å²) >= 11 is 0. The molecule has 0 amide bonds. The van der Waals surface area contributed by atoms with E-state index < -0.39 is 11.4 Å². The van der Waals surface area contributed by atoms with Crippen LogP contribution in [0.3, 0.4) is 0 Å². The molecule has 0 spiro atoms. The molecule has 1 aliphatic carbocycles. The summed E-state index contributed by atoms with van der Waals surface area (Å²) in [4.78, 5) is 14.5. The minimum Gasteiger partial charge on any atom is -0.481 e. The Labute approximate surface area is 139 Å². The van der Waals surface area contributed by atoms with Crippen molar-refractivity contribution in [3.8, 4) is 0 Å². The Kier molecular flexibility index (Phi) is 5.05. The van der Waals surface area contributed by atoms with Crippen LogP contribution < -0.4 is 0 Å². The Bertz CT molecular complexity index is 548. The third kappa shape index (κ3) is 3.45. The number of carbonyl (C=O) groups is 1. The third-order valence-corrected chi connectivity index (χ3v) is 5.98. The van der Waals surface area contributed by atoms with Crippen molar-refractivity contribution in [3.05, 3.63) is 35.4 Å². The maximum Gasteiger partial charge on any atom is 0.314 e. The highest BCUT2D eigenvalue weighted by Gasteiger charge is 2.41. The lowest BCUT2D eigenvalue weighted by Gasteiger charge is -2.34. The predicted octanol–water partition coefficient (Wildman–Crippen LogP) is 4.17. The molecule has 0 aromatic heterocycles. The maximum atomic E-state index is 12.1. The molecule has 2 fully saturated rings. The number of likely N-dealkylation sites (tertiary alicyclic amines) is 1. The van der Waals surface area contributed by atoms with Crippen molar-refractivity contribution in [2.75, 3.05) is 20.1 Å². The normalized spacial score (nSPS) is 25.7. The number of aliphatic carboxylic acids is 1. The van der Waals surface area contributed by atoms with Gasteiger partial charge in [-0.05, 0) is 69.3 Å². The lowest BCUT2D eigenvalue weighted by atomic mass is 9.69. The first-order chi connectivity index (χ1) is 11.1. The molecular weight excluding hydrogens is 286 g/mol. The van der Waals surface area contributed by atoms with Crippen LogP contribution in [0, 0.1) is 0 Å². The number of nitrogens with zero attached hydrogens (tertiary/aromatic N) is 1. The highest BCUT2D eigenvalue weighted by atomic mass is 16.4. The van der Waals surface area contributed by atoms with E-state index in [-0.39, 0.29) is 0 Å². The van der Waals surface area contributed by atoms with E-state index in [9.17, 15) is 9.90 Å². The number of carboxylic acid groups (broad SMARTS) is 1. The van der Waals surface area contributed by atoms with Gasteiger partial charge in [-0.25, -0.2) is 0 Å². The molecule has 1 heterocycles.